The van der Waals surface area contributed by atoms with E-state index in [1.807, 2.05) is 36.4 Å². The summed E-state index contributed by atoms with van der Waals surface area (Å²) in [6.45, 7) is 0.248. The smallest absolute Gasteiger partial charge is 0.410 e. The van der Waals surface area contributed by atoms with Gasteiger partial charge in [0, 0.05) is 25.1 Å². The average Bonchev–Trinajstić information content (AvgIpc) is 3.12. The average molecular weight is 408 g/mol. The molecule has 1 N–H and O–H groups in total. The van der Waals surface area contributed by atoms with E-state index in [4.69, 9.17) is 4.74 Å². The zero-order valence-corrected chi connectivity index (χ0v) is 16.5. The number of anilines is 1. The van der Waals surface area contributed by atoms with Crippen molar-refractivity contribution in [2.45, 2.75) is 25.5 Å². The number of carbonyl (C=O) groups is 4. The van der Waals surface area contributed by atoms with E-state index in [1.54, 1.807) is 24.3 Å². The molecular weight excluding hydrogens is 384 g/mol. The topological polar surface area (TPSA) is 92.8 Å². The molecule has 2 aromatic rings. The summed E-state index contributed by atoms with van der Waals surface area (Å²) in [5.41, 5.74) is 1.41. The highest BCUT2D eigenvalue weighted by atomic mass is 16.6. The SMILES string of the molecule is O=CC[C@H]1CN(C(=O)OCc2ccccc2)[C@H](C(=O)Nc2ccccc2)[C@H]1CC=O. The summed E-state index contributed by atoms with van der Waals surface area (Å²) in [5, 5.41) is 2.80. The van der Waals surface area contributed by atoms with Gasteiger partial charge in [-0.2, -0.15) is 0 Å². The molecular formula is C23H24N2O5. The van der Waals surface area contributed by atoms with Gasteiger partial charge >= 0.3 is 6.09 Å². The van der Waals surface area contributed by atoms with Gasteiger partial charge in [-0.1, -0.05) is 48.5 Å². The largest absolute Gasteiger partial charge is 0.445 e. The van der Waals surface area contributed by atoms with Crippen LogP contribution in [0, 0.1) is 11.8 Å². The normalized spacial score (nSPS) is 20.4. The number of nitrogens with one attached hydrogen (secondary N) is 1. The fourth-order valence-corrected chi connectivity index (χ4v) is 3.86. The molecule has 0 bridgehead atoms. The van der Waals surface area contributed by atoms with E-state index in [0.717, 1.165) is 18.1 Å². The highest BCUT2D eigenvalue weighted by Crippen LogP contribution is 2.35. The van der Waals surface area contributed by atoms with Crippen LogP contribution in [0.2, 0.25) is 0 Å². The van der Waals surface area contributed by atoms with E-state index in [1.165, 1.54) is 4.90 Å². The third-order valence-corrected chi connectivity index (χ3v) is 5.30. The number of para-hydroxylation sites is 1. The van der Waals surface area contributed by atoms with Crippen LogP contribution in [0.3, 0.4) is 0 Å². The highest BCUT2D eigenvalue weighted by molar-refractivity contribution is 5.97. The van der Waals surface area contributed by atoms with Crippen molar-refractivity contribution in [2.24, 2.45) is 11.8 Å². The fourth-order valence-electron chi connectivity index (χ4n) is 3.86. The lowest BCUT2D eigenvalue weighted by Gasteiger charge is -2.26. The van der Waals surface area contributed by atoms with E-state index in [2.05, 4.69) is 5.32 Å². The predicted octanol–water partition coefficient (Wildman–Crippen LogP) is 3.06. The third-order valence-electron chi connectivity index (χ3n) is 5.30. The van der Waals surface area contributed by atoms with Crippen LogP contribution in [0.1, 0.15) is 18.4 Å². The van der Waals surface area contributed by atoms with E-state index in [-0.39, 0.29) is 31.9 Å². The Morgan fingerprint density at radius 1 is 0.967 bits per heavy atom. The maximum atomic E-state index is 13.1. The molecule has 0 radical (unpaired) electrons. The van der Waals surface area contributed by atoms with Crippen molar-refractivity contribution in [2.75, 3.05) is 11.9 Å². The summed E-state index contributed by atoms with van der Waals surface area (Å²) >= 11 is 0. The van der Waals surface area contributed by atoms with Crippen LogP contribution >= 0.6 is 0 Å². The van der Waals surface area contributed by atoms with Gasteiger partial charge in [0.1, 0.15) is 25.2 Å². The first-order valence-electron chi connectivity index (χ1n) is 9.84. The number of rotatable bonds is 8. The summed E-state index contributed by atoms with van der Waals surface area (Å²) < 4.78 is 5.43. The number of hydrogen-bond acceptors (Lipinski definition) is 5. The first kappa shape index (κ1) is 21.2. The van der Waals surface area contributed by atoms with Gasteiger partial charge in [-0.05, 0) is 29.5 Å². The van der Waals surface area contributed by atoms with Crippen LogP contribution in [0.4, 0.5) is 10.5 Å². The van der Waals surface area contributed by atoms with E-state index < -0.39 is 24.0 Å². The van der Waals surface area contributed by atoms with Gasteiger partial charge in [-0.25, -0.2) is 4.79 Å². The minimum absolute atomic E-state index is 0.0693. The summed E-state index contributed by atoms with van der Waals surface area (Å²) in [5.74, 6) is -1.15. The number of aldehydes is 2. The zero-order valence-electron chi connectivity index (χ0n) is 16.5. The molecule has 1 heterocycles. The quantitative estimate of drug-likeness (QED) is 0.678. The fraction of sp³-hybridized carbons (Fsp3) is 0.304. The number of benzene rings is 2. The molecule has 0 spiro atoms. The van der Waals surface area contributed by atoms with Crippen LogP contribution in [0.25, 0.3) is 0 Å². The van der Waals surface area contributed by atoms with Crippen LogP contribution in [-0.2, 0) is 25.7 Å². The van der Waals surface area contributed by atoms with Gasteiger partial charge in [0.05, 0.1) is 0 Å². The molecule has 2 amide bonds. The molecule has 0 saturated carbocycles. The number of amides is 2. The van der Waals surface area contributed by atoms with Crippen LogP contribution in [0.15, 0.2) is 60.7 Å². The first-order chi connectivity index (χ1) is 14.6. The van der Waals surface area contributed by atoms with Gasteiger partial charge < -0.3 is 19.6 Å². The van der Waals surface area contributed by atoms with Crippen molar-refractivity contribution >= 4 is 30.3 Å². The molecule has 7 heteroatoms. The van der Waals surface area contributed by atoms with Crippen molar-refractivity contribution in [3.05, 3.63) is 66.2 Å². The molecule has 3 rings (SSSR count). The first-order valence-corrected chi connectivity index (χ1v) is 9.84. The monoisotopic (exact) mass is 408 g/mol. The summed E-state index contributed by atoms with van der Waals surface area (Å²) in [6, 6.07) is 17.2. The van der Waals surface area contributed by atoms with Gasteiger partial charge in [0.2, 0.25) is 5.91 Å². The third kappa shape index (κ3) is 5.11. The minimum Gasteiger partial charge on any atom is -0.445 e. The van der Waals surface area contributed by atoms with Gasteiger partial charge in [0.15, 0.2) is 0 Å². The van der Waals surface area contributed by atoms with Crippen LogP contribution in [-0.4, -0.2) is 42.1 Å². The lowest BCUT2D eigenvalue weighted by Crippen LogP contribution is -2.46. The standard InChI is InChI=1S/C23H24N2O5/c26-13-11-18-15-25(23(29)30-16-17-7-3-1-4-8-17)21(20(18)12-14-27)22(28)24-19-9-5-2-6-10-19/h1-10,13-14,18,20-21H,11-12,15-16H2,(H,24,28)/t18-,20-,21-/m0/s1. The Hall–Kier alpha value is -3.48. The molecule has 7 nitrogen and oxygen atoms in total. The Morgan fingerprint density at radius 3 is 2.23 bits per heavy atom. The minimum atomic E-state index is -0.899. The maximum Gasteiger partial charge on any atom is 0.410 e. The Kier molecular flexibility index (Phi) is 7.32. The van der Waals surface area contributed by atoms with Crippen molar-refractivity contribution in [3.63, 3.8) is 0 Å². The number of ether oxygens (including phenoxy) is 1. The van der Waals surface area contributed by atoms with Crippen molar-refractivity contribution in [3.8, 4) is 0 Å². The summed E-state index contributed by atoms with van der Waals surface area (Å²) in [4.78, 5) is 49.7. The second-order valence-corrected chi connectivity index (χ2v) is 7.22. The number of nitrogens with zero attached hydrogens (tertiary/aromatic N) is 1. The number of carbonyl (C=O) groups excluding carboxylic acids is 4. The Bertz CT molecular complexity index is 872. The summed E-state index contributed by atoms with van der Waals surface area (Å²) in [6.07, 6.45) is 1.08. The van der Waals surface area contributed by atoms with E-state index in [9.17, 15) is 19.2 Å². The van der Waals surface area contributed by atoms with Crippen LogP contribution in [0.5, 0.6) is 0 Å². The van der Waals surface area contributed by atoms with E-state index >= 15 is 0 Å². The Balaban J connectivity index is 1.79. The van der Waals surface area contributed by atoms with E-state index in [0.29, 0.717) is 5.69 Å². The van der Waals surface area contributed by atoms with Crippen molar-refractivity contribution in [1.82, 2.24) is 4.90 Å². The lowest BCUT2D eigenvalue weighted by atomic mass is 9.86. The second-order valence-electron chi connectivity index (χ2n) is 7.22. The van der Waals surface area contributed by atoms with Gasteiger partial charge in [-0.3, -0.25) is 9.69 Å². The van der Waals surface area contributed by atoms with Gasteiger partial charge in [-0.15, -0.1) is 0 Å². The molecule has 1 aliphatic heterocycles. The molecule has 0 unspecified atom stereocenters. The molecule has 156 valence electrons. The molecule has 1 aliphatic rings. The highest BCUT2D eigenvalue weighted by Gasteiger charge is 2.47. The Morgan fingerprint density at radius 2 is 1.60 bits per heavy atom. The number of likely N-dealkylation sites (tertiary alicyclic amines) is 1. The summed E-state index contributed by atoms with van der Waals surface area (Å²) in [7, 11) is 0. The Labute approximate surface area is 175 Å². The van der Waals surface area contributed by atoms with Gasteiger partial charge in [0.25, 0.3) is 0 Å². The predicted molar refractivity (Wildman–Crippen MR) is 111 cm³/mol. The molecule has 2 aromatic carbocycles. The molecule has 1 fully saturated rings. The van der Waals surface area contributed by atoms with Crippen molar-refractivity contribution < 1.29 is 23.9 Å². The van der Waals surface area contributed by atoms with Crippen LogP contribution < -0.4 is 5.32 Å². The molecule has 0 aromatic heterocycles. The molecule has 30 heavy (non-hydrogen) atoms. The van der Waals surface area contributed by atoms with Crippen molar-refractivity contribution in [1.29, 1.82) is 0 Å². The maximum absolute atomic E-state index is 13.1. The molecule has 1 saturated heterocycles. The molecule has 0 aliphatic carbocycles. The zero-order chi connectivity index (χ0) is 21.3. The lowest BCUT2D eigenvalue weighted by molar-refractivity contribution is -0.121. The molecule has 3 atom stereocenters. The number of hydrogen-bond donors (Lipinski definition) is 1. The second kappa shape index (κ2) is 10.3.